The minimum absolute atomic E-state index is 0.335. The van der Waals surface area contributed by atoms with E-state index in [0.29, 0.717) is 28.8 Å². The molecule has 3 aromatic carbocycles. The van der Waals surface area contributed by atoms with Crippen LogP contribution in [-0.2, 0) is 6.42 Å². The van der Waals surface area contributed by atoms with Gasteiger partial charge in [-0.25, -0.2) is 23.1 Å². The molecule has 0 unspecified atom stereocenters. The van der Waals surface area contributed by atoms with Gasteiger partial charge in [0.25, 0.3) is 0 Å². The van der Waals surface area contributed by atoms with E-state index in [1.54, 1.807) is 12.1 Å². The summed E-state index contributed by atoms with van der Waals surface area (Å²) in [5.41, 5.74) is 3.18. The standard InChI is InChI=1S/C22H16F3N3/c23-17-6-8-21-18(12-17)22(28-13-27-21)26-10-9-14-1-3-15(4-2-14)16-5-7-19(24)20(25)11-16/h1-8,11-13H,9-10H2,(H,26,27,28). The zero-order chi connectivity index (χ0) is 19.5. The van der Waals surface area contributed by atoms with Crippen LogP contribution in [0.15, 0.2) is 67.0 Å². The summed E-state index contributed by atoms with van der Waals surface area (Å²) in [7, 11) is 0. The van der Waals surface area contributed by atoms with Crippen molar-refractivity contribution in [2.24, 2.45) is 0 Å². The Bertz CT molecular complexity index is 1130. The molecule has 0 radical (unpaired) electrons. The number of benzene rings is 3. The van der Waals surface area contributed by atoms with Crippen LogP contribution in [0.25, 0.3) is 22.0 Å². The molecule has 3 nitrogen and oxygen atoms in total. The lowest BCUT2D eigenvalue weighted by Gasteiger charge is -2.09. The summed E-state index contributed by atoms with van der Waals surface area (Å²) in [6, 6.07) is 15.9. The van der Waals surface area contributed by atoms with E-state index in [-0.39, 0.29) is 5.82 Å². The first-order valence-electron chi connectivity index (χ1n) is 8.79. The molecule has 0 bridgehead atoms. The maximum absolute atomic E-state index is 13.5. The van der Waals surface area contributed by atoms with E-state index in [1.807, 2.05) is 24.3 Å². The smallest absolute Gasteiger partial charge is 0.159 e. The normalized spacial score (nSPS) is 11.0. The minimum Gasteiger partial charge on any atom is -0.369 e. The van der Waals surface area contributed by atoms with Crippen LogP contribution < -0.4 is 5.32 Å². The largest absolute Gasteiger partial charge is 0.369 e. The molecule has 1 N–H and O–H groups in total. The van der Waals surface area contributed by atoms with Gasteiger partial charge in [0.15, 0.2) is 11.6 Å². The van der Waals surface area contributed by atoms with E-state index >= 15 is 0 Å². The van der Waals surface area contributed by atoms with Gasteiger partial charge in [-0.1, -0.05) is 30.3 Å². The molecule has 1 aromatic heterocycles. The number of hydrogen-bond donors (Lipinski definition) is 1. The zero-order valence-electron chi connectivity index (χ0n) is 14.8. The van der Waals surface area contributed by atoms with Crippen LogP contribution >= 0.6 is 0 Å². The van der Waals surface area contributed by atoms with E-state index in [4.69, 9.17) is 0 Å². The van der Waals surface area contributed by atoms with Crippen LogP contribution in [-0.4, -0.2) is 16.5 Å². The summed E-state index contributed by atoms with van der Waals surface area (Å²) in [4.78, 5) is 8.32. The number of aromatic nitrogens is 2. The molecule has 140 valence electrons. The molecule has 0 atom stereocenters. The average Bonchev–Trinajstić information content (AvgIpc) is 2.71. The molecule has 0 saturated heterocycles. The fraction of sp³-hybridized carbons (Fsp3) is 0.0909. The molecule has 0 spiro atoms. The Morgan fingerprint density at radius 1 is 0.750 bits per heavy atom. The molecule has 0 aliphatic rings. The molecule has 0 fully saturated rings. The lowest BCUT2D eigenvalue weighted by atomic mass is 10.0. The first-order valence-corrected chi connectivity index (χ1v) is 8.79. The molecule has 6 heteroatoms. The maximum atomic E-state index is 13.5. The van der Waals surface area contributed by atoms with Crippen LogP contribution in [0.3, 0.4) is 0 Å². The van der Waals surface area contributed by atoms with E-state index in [2.05, 4.69) is 15.3 Å². The number of fused-ring (bicyclic) bond motifs is 1. The van der Waals surface area contributed by atoms with E-state index in [0.717, 1.165) is 23.6 Å². The van der Waals surface area contributed by atoms with Crippen molar-refractivity contribution < 1.29 is 13.2 Å². The van der Waals surface area contributed by atoms with Crippen molar-refractivity contribution in [3.05, 3.63) is 90.0 Å². The van der Waals surface area contributed by atoms with Crippen molar-refractivity contribution in [1.29, 1.82) is 0 Å². The third-order valence-electron chi connectivity index (χ3n) is 4.51. The summed E-state index contributed by atoms with van der Waals surface area (Å²) >= 11 is 0. The maximum Gasteiger partial charge on any atom is 0.159 e. The van der Waals surface area contributed by atoms with Crippen molar-refractivity contribution in [2.75, 3.05) is 11.9 Å². The minimum atomic E-state index is -0.862. The number of anilines is 1. The monoisotopic (exact) mass is 379 g/mol. The van der Waals surface area contributed by atoms with Gasteiger partial charge in [0.2, 0.25) is 0 Å². The third kappa shape index (κ3) is 3.81. The van der Waals surface area contributed by atoms with Gasteiger partial charge in [-0.15, -0.1) is 0 Å². The fourth-order valence-corrected chi connectivity index (χ4v) is 3.03. The predicted molar refractivity (Wildman–Crippen MR) is 103 cm³/mol. The Labute approximate surface area is 159 Å². The lowest BCUT2D eigenvalue weighted by molar-refractivity contribution is 0.509. The highest BCUT2D eigenvalue weighted by molar-refractivity contribution is 5.88. The van der Waals surface area contributed by atoms with Crippen LogP contribution in [0.4, 0.5) is 19.0 Å². The highest BCUT2D eigenvalue weighted by Gasteiger charge is 2.06. The number of hydrogen-bond acceptors (Lipinski definition) is 3. The summed E-state index contributed by atoms with van der Waals surface area (Å²) in [5.74, 6) is -1.47. The Hall–Kier alpha value is -3.41. The Morgan fingerprint density at radius 3 is 2.32 bits per heavy atom. The van der Waals surface area contributed by atoms with Gasteiger partial charge in [0.1, 0.15) is 18.0 Å². The molecule has 4 aromatic rings. The van der Waals surface area contributed by atoms with Gasteiger partial charge in [0, 0.05) is 11.9 Å². The van der Waals surface area contributed by atoms with E-state index in [1.165, 1.54) is 24.5 Å². The Kier molecular flexibility index (Phi) is 4.93. The molecule has 0 aliphatic carbocycles. The van der Waals surface area contributed by atoms with Crippen molar-refractivity contribution in [2.45, 2.75) is 6.42 Å². The van der Waals surface area contributed by atoms with Gasteiger partial charge >= 0.3 is 0 Å². The zero-order valence-corrected chi connectivity index (χ0v) is 14.8. The lowest BCUT2D eigenvalue weighted by Crippen LogP contribution is -2.07. The quantitative estimate of drug-likeness (QED) is 0.507. The second-order valence-electron chi connectivity index (χ2n) is 6.39. The Balaban J connectivity index is 1.43. The predicted octanol–water partition coefficient (Wildman–Crippen LogP) is 5.37. The summed E-state index contributed by atoms with van der Waals surface area (Å²) < 4.78 is 40.0. The second-order valence-corrected chi connectivity index (χ2v) is 6.39. The second kappa shape index (κ2) is 7.68. The van der Waals surface area contributed by atoms with Crippen molar-refractivity contribution in [3.63, 3.8) is 0 Å². The van der Waals surface area contributed by atoms with E-state index in [9.17, 15) is 13.2 Å². The van der Waals surface area contributed by atoms with Crippen molar-refractivity contribution in [1.82, 2.24) is 9.97 Å². The highest BCUT2D eigenvalue weighted by atomic mass is 19.2. The molecule has 1 heterocycles. The first kappa shape index (κ1) is 18.0. The summed E-state index contributed by atoms with van der Waals surface area (Å²) in [6.45, 7) is 0.604. The van der Waals surface area contributed by atoms with Crippen LogP contribution in [0, 0.1) is 17.5 Å². The van der Waals surface area contributed by atoms with Crippen LogP contribution in [0.2, 0.25) is 0 Å². The number of rotatable bonds is 5. The molecular weight excluding hydrogens is 363 g/mol. The number of nitrogens with one attached hydrogen (secondary N) is 1. The molecule has 0 saturated carbocycles. The van der Waals surface area contributed by atoms with Gasteiger partial charge in [-0.2, -0.15) is 0 Å². The topological polar surface area (TPSA) is 37.8 Å². The van der Waals surface area contributed by atoms with Gasteiger partial charge < -0.3 is 5.32 Å². The number of nitrogens with zero attached hydrogens (tertiary/aromatic N) is 2. The van der Waals surface area contributed by atoms with Crippen LogP contribution in [0.5, 0.6) is 0 Å². The summed E-state index contributed by atoms with van der Waals surface area (Å²) in [6.07, 6.45) is 2.16. The molecule has 4 rings (SSSR count). The first-order chi connectivity index (χ1) is 13.6. The van der Waals surface area contributed by atoms with E-state index < -0.39 is 11.6 Å². The molecule has 28 heavy (non-hydrogen) atoms. The molecule has 0 aliphatic heterocycles. The fourth-order valence-electron chi connectivity index (χ4n) is 3.03. The van der Waals surface area contributed by atoms with Gasteiger partial charge in [-0.05, 0) is 53.4 Å². The van der Waals surface area contributed by atoms with Crippen molar-refractivity contribution >= 4 is 16.7 Å². The Morgan fingerprint density at radius 2 is 1.54 bits per heavy atom. The van der Waals surface area contributed by atoms with Crippen molar-refractivity contribution in [3.8, 4) is 11.1 Å². The third-order valence-corrected chi connectivity index (χ3v) is 4.51. The molecule has 0 amide bonds. The van der Waals surface area contributed by atoms with Gasteiger partial charge in [-0.3, -0.25) is 0 Å². The number of halogens is 3. The van der Waals surface area contributed by atoms with Gasteiger partial charge in [0.05, 0.1) is 5.52 Å². The van der Waals surface area contributed by atoms with Crippen LogP contribution in [0.1, 0.15) is 5.56 Å². The average molecular weight is 379 g/mol. The SMILES string of the molecule is Fc1ccc2ncnc(NCCc3ccc(-c4ccc(F)c(F)c4)cc3)c2c1. The highest BCUT2D eigenvalue weighted by Crippen LogP contribution is 2.23. The summed E-state index contributed by atoms with van der Waals surface area (Å²) in [5, 5.41) is 3.85. The molecular formula is C22H16F3N3.